The molecule has 3 heteroatoms. The first-order chi connectivity index (χ1) is 7.80. The summed E-state index contributed by atoms with van der Waals surface area (Å²) in [6.45, 7) is 0. The molecule has 0 spiro atoms. The lowest BCUT2D eigenvalue weighted by Gasteiger charge is -2.25. The van der Waals surface area contributed by atoms with Gasteiger partial charge in [0.25, 0.3) is 0 Å². The van der Waals surface area contributed by atoms with Gasteiger partial charge >= 0.3 is 0 Å². The Hall–Kier alpha value is -1.48. The molecule has 2 heterocycles. The van der Waals surface area contributed by atoms with Gasteiger partial charge in [0.1, 0.15) is 0 Å². The molecular formula is C13H15N3. The quantitative estimate of drug-likeness (QED) is 0.791. The van der Waals surface area contributed by atoms with Gasteiger partial charge < -0.3 is 5.73 Å². The zero-order valence-corrected chi connectivity index (χ0v) is 9.19. The molecule has 0 radical (unpaired) electrons. The Morgan fingerprint density at radius 1 is 1.06 bits per heavy atom. The summed E-state index contributed by atoms with van der Waals surface area (Å²) in [6.07, 6.45) is 12.0. The zero-order chi connectivity index (χ0) is 11.0. The van der Waals surface area contributed by atoms with Crippen LogP contribution in [0.25, 0.3) is 10.8 Å². The van der Waals surface area contributed by atoms with Gasteiger partial charge in [-0.2, -0.15) is 0 Å². The summed E-state index contributed by atoms with van der Waals surface area (Å²) in [4.78, 5) is 8.49. The van der Waals surface area contributed by atoms with Crippen molar-refractivity contribution in [2.75, 3.05) is 0 Å². The molecule has 0 bridgehead atoms. The summed E-state index contributed by atoms with van der Waals surface area (Å²) in [5, 5.41) is 2.28. The topological polar surface area (TPSA) is 51.8 Å². The van der Waals surface area contributed by atoms with Crippen molar-refractivity contribution >= 4 is 10.8 Å². The van der Waals surface area contributed by atoms with Crippen LogP contribution in [-0.4, -0.2) is 9.97 Å². The van der Waals surface area contributed by atoms with Gasteiger partial charge in [0.05, 0.1) is 0 Å². The molecule has 3 rings (SSSR count). The van der Waals surface area contributed by atoms with Crippen molar-refractivity contribution in [3.63, 3.8) is 0 Å². The second-order valence-corrected chi connectivity index (χ2v) is 4.65. The molecule has 2 aromatic rings. The maximum atomic E-state index is 6.48. The van der Waals surface area contributed by atoms with Crippen LogP contribution in [-0.2, 0) is 5.54 Å². The second-order valence-electron chi connectivity index (χ2n) is 4.65. The van der Waals surface area contributed by atoms with E-state index in [2.05, 4.69) is 9.97 Å². The van der Waals surface area contributed by atoms with Gasteiger partial charge in [-0.1, -0.05) is 12.8 Å². The molecular weight excluding hydrogens is 198 g/mol. The lowest BCUT2D eigenvalue weighted by atomic mass is 9.88. The Morgan fingerprint density at radius 3 is 2.69 bits per heavy atom. The number of nitrogens with two attached hydrogens (primary N) is 1. The average Bonchev–Trinajstić information content (AvgIpc) is 2.77. The predicted molar refractivity (Wildman–Crippen MR) is 63.9 cm³/mol. The maximum absolute atomic E-state index is 6.48. The number of aromatic nitrogens is 2. The molecule has 0 saturated heterocycles. The molecule has 2 N–H and O–H groups in total. The summed E-state index contributed by atoms with van der Waals surface area (Å²) in [7, 11) is 0. The number of nitrogens with zero attached hydrogens (tertiary/aromatic N) is 2. The van der Waals surface area contributed by atoms with E-state index in [4.69, 9.17) is 5.73 Å². The largest absolute Gasteiger partial charge is 0.321 e. The Labute approximate surface area is 94.7 Å². The third-order valence-electron chi connectivity index (χ3n) is 3.59. The molecule has 0 aromatic carbocycles. The molecule has 82 valence electrons. The summed E-state index contributed by atoms with van der Waals surface area (Å²) >= 11 is 0. The number of rotatable bonds is 1. The maximum Gasteiger partial charge on any atom is 0.0431 e. The normalized spacial score (nSPS) is 19.1. The molecule has 1 aliphatic carbocycles. The van der Waals surface area contributed by atoms with Crippen molar-refractivity contribution in [2.45, 2.75) is 31.2 Å². The zero-order valence-electron chi connectivity index (χ0n) is 9.19. The Kier molecular flexibility index (Phi) is 2.14. The van der Waals surface area contributed by atoms with Gasteiger partial charge in [0, 0.05) is 41.1 Å². The molecule has 1 saturated carbocycles. The molecule has 3 nitrogen and oxygen atoms in total. The first-order valence-electron chi connectivity index (χ1n) is 5.77. The van der Waals surface area contributed by atoms with Crippen molar-refractivity contribution in [1.29, 1.82) is 0 Å². The third-order valence-corrected chi connectivity index (χ3v) is 3.59. The smallest absolute Gasteiger partial charge is 0.0431 e. The van der Waals surface area contributed by atoms with Crippen molar-refractivity contribution in [2.24, 2.45) is 5.73 Å². The van der Waals surface area contributed by atoms with E-state index in [1.54, 1.807) is 6.20 Å². The van der Waals surface area contributed by atoms with Crippen LogP contribution in [0, 0.1) is 0 Å². The highest BCUT2D eigenvalue weighted by atomic mass is 14.8. The SMILES string of the molecule is NC1(c2cncc3ccncc23)CCCC1. The van der Waals surface area contributed by atoms with E-state index in [-0.39, 0.29) is 5.54 Å². The number of pyridine rings is 2. The van der Waals surface area contributed by atoms with Crippen LogP contribution in [0.2, 0.25) is 0 Å². The Balaban J connectivity index is 2.23. The van der Waals surface area contributed by atoms with Crippen molar-refractivity contribution in [1.82, 2.24) is 9.97 Å². The van der Waals surface area contributed by atoms with Gasteiger partial charge in [-0.3, -0.25) is 9.97 Å². The van der Waals surface area contributed by atoms with E-state index in [9.17, 15) is 0 Å². The van der Waals surface area contributed by atoms with E-state index in [1.807, 2.05) is 24.7 Å². The summed E-state index contributed by atoms with van der Waals surface area (Å²) in [5.41, 5.74) is 7.46. The lowest BCUT2D eigenvalue weighted by molar-refractivity contribution is 0.464. The van der Waals surface area contributed by atoms with Crippen LogP contribution in [0.1, 0.15) is 31.2 Å². The van der Waals surface area contributed by atoms with Crippen LogP contribution in [0.5, 0.6) is 0 Å². The van der Waals surface area contributed by atoms with Crippen LogP contribution < -0.4 is 5.73 Å². The van der Waals surface area contributed by atoms with Gasteiger partial charge in [-0.05, 0) is 24.5 Å². The molecule has 0 aliphatic heterocycles. The minimum Gasteiger partial charge on any atom is -0.321 e. The minimum atomic E-state index is -0.185. The number of fused-ring (bicyclic) bond motifs is 1. The van der Waals surface area contributed by atoms with E-state index in [1.165, 1.54) is 12.8 Å². The van der Waals surface area contributed by atoms with Crippen molar-refractivity contribution < 1.29 is 0 Å². The molecule has 0 amide bonds. The molecule has 0 atom stereocenters. The highest BCUT2D eigenvalue weighted by Crippen LogP contribution is 2.38. The molecule has 1 fully saturated rings. The number of hydrogen-bond donors (Lipinski definition) is 1. The predicted octanol–water partition coefficient (Wildman–Crippen LogP) is 2.36. The Morgan fingerprint density at radius 2 is 1.88 bits per heavy atom. The standard InChI is InChI=1S/C13H15N3/c14-13(4-1-2-5-13)12-9-16-7-10-3-6-15-8-11(10)12/h3,6-9H,1-2,4-5,14H2. The van der Waals surface area contributed by atoms with E-state index < -0.39 is 0 Å². The molecule has 16 heavy (non-hydrogen) atoms. The van der Waals surface area contributed by atoms with Crippen molar-refractivity contribution in [3.8, 4) is 0 Å². The fourth-order valence-electron chi connectivity index (χ4n) is 2.68. The lowest BCUT2D eigenvalue weighted by Crippen LogP contribution is -2.33. The van der Waals surface area contributed by atoms with Gasteiger partial charge in [0.2, 0.25) is 0 Å². The van der Waals surface area contributed by atoms with Gasteiger partial charge in [-0.15, -0.1) is 0 Å². The molecule has 0 unspecified atom stereocenters. The first-order valence-corrected chi connectivity index (χ1v) is 5.77. The summed E-state index contributed by atoms with van der Waals surface area (Å²) < 4.78 is 0. The highest BCUT2D eigenvalue weighted by molar-refractivity contribution is 5.84. The van der Waals surface area contributed by atoms with Crippen LogP contribution in [0.4, 0.5) is 0 Å². The van der Waals surface area contributed by atoms with Crippen LogP contribution >= 0.6 is 0 Å². The van der Waals surface area contributed by atoms with E-state index in [0.29, 0.717) is 0 Å². The third kappa shape index (κ3) is 1.39. The summed E-state index contributed by atoms with van der Waals surface area (Å²) in [6, 6.07) is 1.99. The second kappa shape index (κ2) is 3.52. The average molecular weight is 213 g/mol. The fourth-order valence-corrected chi connectivity index (χ4v) is 2.68. The van der Waals surface area contributed by atoms with Gasteiger partial charge in [-0.25, -0.2) is 0 Å². The van der Waals surface area contributed by atoms with Gasteiger partial charge in [0.15, 0.2) is 0 Å². The summed E-state index contributed by atoms with van der Waals surface area (Å²) in [5.74, 6) is 0. The van der Waals surface area contributed by atoms with Crippen molar-refractivity contribution in [3.05, 3.63) is 36.4 Å². The molecule has 1 aliphatic rings. The first kappa shape index (κ1) is 9.73. The highest BCUT2D eigenvalue weighted by Gasteiger charge is 2.32. The number of hydrogen-bond acceptors (Lipinski definition) is 3. The molecule has 2 aromatic heterocycles. The monoisotopic (exact) mass is 213 g/mol. The van der Waals surface area contributed by atoms with E-state index >= 15 is 0 Å². The van der Waals surface area contributed by atoms with Crippen LogP contribution in [0.3, 0.4) is 0 Å². The fraction of sp³-hybridized carbons (Fsp3) is 0.385. The Bertz CT molecular complexity index is 510. The minimum absolute atomic E-state index is 0.185. The van der Waals surface area contributed by atoms with E-state index in [0.717, 1.165) is 29.2 Å². The van der Waals surface area contributed by atoms with Crippen LogP contribution in [0.15, 0.2) is 30.9 Å².